The first-order chi connectivity index (χ1) is 20.5. The lowest BCUT2D eigenvalue weighted by atomic mass is 9.91. The standard InChI is InChI=1S/C28H34F5N7O3S/c1-15(2)40-24-21(13-34-26(37-24)35-17-5-7-18(8-6-17)39(3)4)36-22(25(40)41)16-11-19(29)23(20(30)12-16)38-44(42,43)14-27(9-10-27)28(31,32)33/h11-13,15,17-18,38H,5-10,14H2,1-4H3,(H,34,35,37)/t17-,18-. The first kappa shape index (κ1) is 32.0. The van der Waals surface area contributed by atoms with Crippen LogP contribution in [0.4, 0.5) is 33.6 Å². The largest absolute Gasteiger partial charge is 0.395 e. The van der Waals surface area contributed by atoms with Crippen molar-refractivity contribution in [2.75, 3.05) is 29.9 Å². The van der Waals surface area contributed by atoms with Gasteiger partial charge >= 0.3 is 6.18 Å². The summed E-state index contributed by atoms with van der Waals surface area (Å²) in [5.41, 5.74) is -4.50. The van der Waals surface area contributed by atoms with Crippen LogP contribution in [0.1, 0.15) is 58.4 Å². The maximum atomic E-state index is 15.1. The highest BCUT2D eigenvalue weighted by Crippen LogP contribution is 2.58. The van der Waals surface area contributed by atoms with Gasteiger partial charge in [0.25, 0.3) is 5.56 Å². The number of benzene rings is 1. The fourth-order valence-electron chi connectivity index (χ4n) is 5.68. The minimum Gasteiger partial charge on any atom is -0.351 e. The Morgan fingerprint density at radius 1 is 1.07 bits per heavy atom. The molecule has 0 spiro atoms. The number of alkyl halides is 3. The maximum absolute atomic E-state index is 15.1. The molecule has 5 rings (SSSR count). The Kier molecular flexibility index (Phi) is 8.37. The van der Waals surface area contributed by atoms with Crippen LogP contribution in [0.5, 0.6) is 0 Å². The summed E-state index contributed by atoms with van der Waals surface area (Å²) in [5, 5.41) is 3.33. The highest BCUT2D eigenvalue weighted by atomic mass is 32.2. The molecular weight excluding hydrogens is 609 g/mol. The van der Waals surface area contributed by atoms with Crippen LogP contribution in [0.2, 0.25) is 0 Å². The summed E-state index contributed by atoms with van der Waals surface area (Å²) in [5.74, 6) is -3.87. The molecule has 2 heterocycles. The van der Waals surface area contributed by atoms with Gasteiger partial charge in [0.05, 0.1) is 17.4 Å². The first-order valence-electron chi connectivity index (χ1n) is 14.3. The van der Waals surface area contributed by atoms with Crippen molar-refractivity contribution in [2.45, 2.75) is 76.7 Å². The van der Waals surface area contributed by atoms with Crippen molar-refractivity contribution < 1.29 is 30.4 Å². The lowest BCUT2D eigenvalue weighted by Crippen LogP contribution is -2.36. The molecule has 0 saturated heterocycles. The van der Waals surface area contributed by atoms with Crippen molar-refractivity contribution in [3.63, 3.8) is 0 Å². The summed E-state index contributed by atoms with van der Waals surface area (Å²) in [6.07, 6.45) is -0.278. The van der Waals surface area contributed by atoms with Gasteiger partial charge in [0.1, 0.15) is 16.9 Å². The van der Waals surface area contributed by atoms with E-state index in [0.29, 0.717) is 24.1 Å². The molecule has 16 heteroatoms. The Morgan fingerprint density at radius 2 is 1.68 bits per heavy atom. The third kappa shape index (κ3) is 6.36. The summed E-state index contributed by atoms with van der Waals surface area (Å²) >= 11 is 0. The molecule has 0 radical (unpaired) electrons. The highest BCUT2D eigenvalue weighted by molar-refractivity contribution is 7.92. The SMILES string of the molecule is CC(C)n1c(=O)c(-c2cc(F)c(NS(=O)(=O)CC3(C(F)(F)F)CC3)c(F)c2)nc2cnc(N[C@H]3CC[C@H](N(C)C)CC3)nc21. The number of hydrogen-bond acceptors (Lipinski definition) is 8. The van der Waals surface area contributed by atoms with Crippen molar-refractivity contribution in [1.82, 2.24) is 24.4 Å². The molecule has 0 aliphatic heterocycles. The molecule has 0 bridgehead atoms. The number of halogens is 5. The predicted molar refractivity (Wildman–Crippen MR) is 156 cm³/mol. The van der Waals surface area contributed by atoms with Gasteiger partial charge in [0, 0.05) is 23.7 Å². The van der Waals surface area contributed by atoms with Crippen molar-refractivity contribution in [3.05, 3.63) is 40.3 Å². The number of aromatic nitrogens is 4. The number of nitrogens with one attached hydrogen (secondary N) is 2. The van der Waals surface area contributed by atoms with Gasteiger partial charge in [-0.3, -0.25) is 14.1 Å². The second kappa shape index (κ2) is 11.5. The number of fused-ring (bicyclic) bond motifs is 1. The number of anilines is 2. The van der Waals surface area contributed by atoms with E-state index >= 15 is 8.78 Å². The van der Waals surface area contributed by atoms with E-state index in [1.54, 1.807) is 18.6 Å². The van der Waals surface area contributed by atoms with Gasteiger partial charge in [-0.05, 0) is 78.6 Å². The van der Waals surface area contributed by atoms with Gasteiger partial charge in [-0.15, -0.1) is 0 Å². The second-order valence-electron chi connectivity index (χ2n) is 12.2. The molecule has 0 atom stereocenters. The molecule has 2 N–H and O–H groups in total. The minimum absolute atomic E-state index is 0.153. The molecule has 0 unspecified atom stereocenters. The van der Waals surface area contributed by atoms with Crippen molar-refractivity contribution in [2.24, 2.45) is 5.41 Å². The van der Waals surface area contributed by atoms with E-state index < -0.39 is 69.1 Å². The zero-order valence-corrected chi connectivity index (χ0v) is 25.5. The summed E-state index contributed by atoms with van der Waals surface area (Å²) in [6.45, 7) is 3.46. The summed E-state index contributed by atoms with van der Waals surface area (Å²) in [6, 6.07) is 1.64. The Bertz CT molecular complexity index is 1710. The Morgan fingerprint density at radius 3 is 2.20 bits per heavy atom. The van der Waals surface area contributed by atoms with E-state index in [4.69, 9.17) is 0 Å². The zero-order chi connectivity index (χ0) is 32.2. The minimum atomic E-state index is -4.77. The normalized spacial score (nSPS) is 20.3. The Labute approximate surface area is 251 Å². The number of nitrogens with zero attached hydrogens (tertiary/aromatic N) is 5. The van der Waals surface area contributed by atoms with Crippen molar-refractivity contribution in [1.29, 1.82) is 0 Å². The number of sulfonamides is 1. The molecule has 2 aliphatic rings. The molecule has 2 fully saturated rings. The topological polar surface area (TPSA) is 122 Å². The molecule has 2 aliphatic carbocycles. The van der Waals surface area contributed by atoms with E-state index in [0.717, 1.165) is 25.7 Å². The molecule has 2 saturated carbocycles. The number of hydrogen-bond donors (Lipinski definition) is 2. The van der Waals surface area contributed by atoms with Crippen LogP contribution in [0.25, 0.3) is 22.4 Å². The average molecular weight is 644 g/mol. The fourth-order valence-corrected chi connectivity index (χ4v) is 7.44. The summed E-state index contributed by atoms with van der Waals surface area (Å²) in [4.78, 5) is 29.0. The first-order valence-corrected chi connectivity index (χ1v) is 15.9. The van der Waals surface area contributed by atoms with Gasteiger partial charge in [0.2, 0.25) is 16.0 Å². The Hall–Kier alpha value is -3.40. The monoisotopic (exact) mass is 643 g/mol. The molecule has 10 nitrogen and oxygen atoms in total. The second-order valence-corrected chi connectivity index (χ2v) is 13.9. The van der Waals surface area contributed by atoms with Crippen molar-refractivity contribution >= 4 is 32.8 Å². The van der Waals surface area contributed by atoms with Gasteiger partial charge in [-0.2, -0.15) is 18.2 Å². The average Bonchev–Trinajstić information content (AvgIpc) is 3.70. The summed E-state index contributed by atoms with van der Waals surface area (Å²) < 4.78 is 97.8. The molecule has 3 aromatic rings. The van der Waals surface area contributed by atoms with Gasteiger partial charge in [-0.1, -0.05) is 0 Å². The molecule has 1 aromatic carbocycles. The smallest absolute Gasteiger partial charge is 0.351 e. The van der Waals surface area contributed by atoms with Gasteiger partial charge < -0.3 is 10.2 Å². The van der Waals surface area contributed by atoms with Gasteiger partial charge in [0.15, 0.2) is 17.3 Å². The van der Waals surface area contributed by atoms with Crippen LogP contribution in [0.3, 0.4) is 0 Å². The van der Waals surface area contributed by atoms with Crippen LogP contribution in [-0.4, -0.2) is 70.9 Å². The fraction of sp³-hybridized carbons (Fsp3) is 0.571. The van der Waals surface area contributed by atoms with E-state index in [2.05, 4.69) is 39.3 Å². The van der Waals surface area contributed by atoms with Crippen LogP contribution in [0, 0.1) is 17.0 Å². The van der Waals surface area contributed by atoms with Crippen LogP contribution in [-0.2, 0) is 10.0 Å². The Balaban J connectivity index is 1.44. The van der Waals surface area contributed by atoms with Crippen LogP contribution in [0.15, 0.2) is 23.1 Å². The third-order valence-corrected chi connectivity index (χ3v) is 9.85. The van der Waals surface area contributed by atoms with E-state index in [-0.39, 0.29) is 28.5 Å². The maximum Gasteiger partial charge on any atom is 0.395 e. The number of rotatable bonds is 9. The van der Waals surface area contributed by atoms with Crippen LogP contribution >= 0.6 is 0 Å². The quantitative estimate of drug-likeness (QED) is 0.310. The molecule has 240 valence electrons. The van der Waals surface area contributed by atoms with Crippen molar-refractivity contribution in [3.8, 4) is 11.3 Å². The molecule has 0 amide bonds. The third-order valence-electron chi connectivity index (χ3n) is 8.40. The molecule has 2 aromatic heterocycles. The van der Waals surface area contributed by atoms with Crippen LogP contribution < -0.4 is 15.6 Å². The predicted octanol–water partition coefficient (Wildman–Crippen LogP) is 5.08. The van der Waals surface area contributed by atoms with E-state index in [9.17, 15) is 26.4 Å². The lowest BCUT2D eigenvalue weighted by Gasteiger charge is -2.32. The zero-order valence-electron chi connectivity index (χ0n) is 24.7. The lowest BCUT2D eigenvalue weighted by molar-refractivity contribution is -0.179. The highest BCUT2D eigenvalue weighted by Gasteiger charge is 2.65. The van der Waals surface area contributed by atoms with E-state index in [1.165, 1.54) is 10.8 Å². The molecule has 44 heavy (non-hydrogen) atoms. The van der Waals surface area contributed by atoms with E-state index in [1.807, 2.05) is 0 Å². The molecular formula is C28H34F5N7O3S. The van der Waals surface area contributed by atoms with Gasteiger partial charge in [-0.25, -0.2) is 27.2 Å². The summed E-state index contributed by atoms with van der Waals surface area (Å²) in [7, 11) is -0.654.